The Labute approximate surface area is 161 Å². The number of hydrogen-bond acceptors (Lipinski definition) is 2. The van der Waals surface area contributed by atoms with Crippen LogP contribution in [0.5, 0.6) is 0 Å². The van der Waals surface area contributed by atoms with Crippen molar-refractivity contribution in [3.05, 3.63) is 70.8 Å². The lowest BCUT2D eigenvalue weighted by Gasteiger charge is -2.25. The van der Waals surface area contributed by atoms with Crippen molar-refractivity contribution < 1.29 is 18.0 Å². The van der Waals surface area contributed by atoms with E-state index in [1.165, 1.54) is 17.8 Å². The fraction of sp³-hybridized carbons (Fsp3) is 0.381. The molecule has 0 N–H and O–H groups in total. The van der Waals surface area contributed by atoms with Gasteiger partial charge in [0, 0.05) is 17.9 Å². The van der Waals surface area contributed by atoms with Gasteiger partial charge in [-0.05, 0) is 40.8 Å². The highest BCUT2D eigenvalue weighted by molar-refractivity contribution is 7.99. The highest BCUT2D eigenvalue weighted by Gasteiger charge is 2.35. The molecule has 0 unspecified atom stereocenters. The minimum atomic E-state index is -4.39. The maximum Gasteiger partial charge on any atom is 0.416 e. The van der Waals surface area contributed by atoms with Crippen LogP contribution < -0.4 is 0 Å². The van der Waals surface area contributed by atoms with Gasteiger partial charge in [-0.3, -0.25) is 4.79 Å². The molecule has 3 rings (SSSR count). The van der Waals surface area contributed by atoms with Crippen LogP contribution in [0.4, 0.5) is 13.2 Å². The number of hydrogen-bond donors (Lipinski definition) is 0. The summed E-state index contributed by atoms with van der Waals surface area (Å²) in [7, 11) is 0. The molecule has 0 aromatic heterocycles. The van der Waals surface area contributed by atoms with Crippen LogP contribution in [0.2, 0.25) is 0 Å². The predicted molar refractivity (Wildman–Crippen MR) is 103 cm³/mol. The second kappa shape index (κ2) is 7.23. The van der Waals surface area contributed by atoms with E-state index >= 15 is 0 Å². The van der Waals surface area contributed by atoms with Gasteiger partial charge >= 0.3 is 6.18 Å². The Hall–Kier alpha value is -1.95. The Kier molecular flexibility index (Phi) is 5.30. The molecule has 144 valence electrons. The van der Waals surface area contributed by atoms with E-state index in [1.54, 1.807) is 23.1 Å². The molecule has 1 heterocycles. The monoisotopic (exact) mass is 393 g/mol. The van der Waals surface area contributed by atoms with Gasteiger partial charge in [0.25, 0.3) is 5.91 Å². The van der Waals surface area contributed by atoms with Crippen molar-refractivity contribution >= 4 is 17.7 Å². The van der Waals surface area contributed by atoms with Crippen molar-refractivity contribution in [3.8, 4) is 0 Å². The molecule has 1 saturated heterocycles. The van der Waals surface area contributed by atoms with Crippen molar-refractivity contribution in [1.29, 1.82) is 0 Å². The van der Waals surface area contributed by atoms with E-state index < -0.39 is 17.1 Å². The van der Waals surface area contributed by atoms with E-state index in [2.05, 4.69) is 20.8 Å². The molecule has 1 aliphatic rings. The summed E-state index contributed by atoms with van der Waals surface area (Å²) in [5.41, 5.74) is 1.50. The van der Waals surface area contributed by atoms with Crippen LogP contribution in [-0.2, 0) is 11.6 Å². The largest absolute Gasteiger partial charge is 0.416 e. The van der Waals surface area contributed by atoms with Gasteiger partial charge in [-0.1, -0.05) is 45.0 Å². The SMILES string of the molecule is CC(C)(C)c1ccc(C(=O)N2CCS[C@H]2c2cccc(C(F)(F)F)c2)cc1. The normalized spacial score (nSPS) is 18.0. The molecule has 0 bridgehead atoms. The standard InChI is InChI=1S/C21H22F3NOS/c1-20(2,3)16-9-7-14(8-10-16)18(26)25-11-12-27-19(25)15-5-4-6-17(13-15)21(22,23)24/h4-10,13,19H,11-12H2,1-3H3/t19-/m0/s1. The highest BCUT2D eigenvalue weighted by atomic mass is 32.2. The Bertz CT molecular complexity index is 825. The van der Waals surface area contributed by atoms with Gasteiger partial charge in [-0.25, -0.2) is 0 Å². The zero-order valence-corrected chi connectivity index (χ0v) is 16.3. The molecule has 2 aromatic carbocycles. The van der Waals surface area contributed by atoms with Crippen LogP contribution in [0.3, 0.4) is 0 Å². The minimum Gasteiger partial charge on any atom is -0.322 e. The molecule has 27 heavy (non-hydrogen) atoms. The van der Waals surface area contributed by atoms with Gasteiger partial charge < -0.3 is 4.90 Å². The first-order valence-electron chi connectivity index (χ1n) is 8.77. The van der Waals surface area contributed by atoms with E-state index in [9.17, 15) is 18.0 Å². The molecule has 1 amide bonds. The number of alkyl halides is 3. The second-order valence-corrected chi connectivity index (χ2v) is 8.86. The zero-order valence-electron chi connectivity index (χ0n) is 15.5. The van der Waals surface area contributed by atoms with Crippen molar-refractivity contribution in [1.82, 2.24) is 4.90 Å². The third-order valence-corrected chi connectivity index (χ3v) is 5.91. The van der Waals surface area contributed by atoms with Gasteiger partial charge in [-0.2, -0.15) is 13.2 Å². The molecule has 0 aliphatic carbocycles. The molecule has 2 aromatic rings. The Balaban J connectivity index is 1.85. The van der Waals surface area contributed by atoms with Crippen molar-refractivity contribution in [2.75, 3.05) is 12.3 Å². The predicted octanol–water partition coefficient (Wildman–Crippen LogP) is 5.89. The van der Waals surface area contributed by atoms with Gasteiger partial charge in [0.05, 0.1) is 5.56 Å². The van der Waals surface area contributed by atoms with Crippen molar-refractivity contribution in [3.63, 3.8) is 0 Å². The summed E-state index contributed by atoms with van der Waals surface area (Å²) in [5.74, 6) is 0.551. The highest BCUT2D eigenvalue weighted by Crippen LogP contribution is 2.40. The molecule has 1 atom stereocenters. The Morgan fingerprint density at radius 3 is 2.30 bits per heavy atom. The lowest BCUT2D eigenvalue weighted by Crippen LogP contribution is -2.30. The third-order valence-electron chi connectivity index (χ3n) is 4.65. The number of thioether (sulfide) groups is 1. The van der Waals surface area contributed by atoms with Gasteiger partial charge in [0.1, 0.15) is 5.37 Å². The number of rotatable bonds is 2. The molecule has 0 saturated carbocycles. The lowest BCUT2D eigenvalue weighted by atomic mass is 9.86. The zero-order chi connectivity index (χ0) is 19.8. The molecule has 2 nitrogen and oxygen atoms in total. The summed E-state index contributed by atoms with van der Waals surface area (Å²) in [6.07, 6.45) is -4.39. The third kappa shape index (κ3) is 4.32. The van der Waals surface area contributed by atoms with Crippen LogP contribution in [0.15, 0.2) is 48.5 Å². The summed E-state index contributed by atoms with van der Waals surface area (Å²) in [5, 5.41) is -0.401. The van der Waals surface area contributed by atoms with Crippen LogP contribution >= 0.6 is 11.8 Å². The van der Waals surface area contributed by atoms with E-state index in [-0.39, 0.29) is 11.3 Å². The van der Waals surface area contributed by atoms with Crippen LogP contribution in [-0.4, -0.2) is 23.1 Å². The Morgan fingerprint density at radius 2 is 1.70 bits per heavy atom. The maximum absolute atomic E-state index is 13.0. The molecule has 0 radical (unpaired) electrons. The average Bonchev–Trinajstić information content (AvgIpc) is 3.09. The average molecular weight is 393 g/mol. The van der Waals surface area contributed by atoms with E-state index in [4.69, 9.17) is 0 Å². The van der Waals surface area contributed by atoms with Crippen molar-refractivity contribution in [2.45, 2.75) is 37.7 Å². The van der Waals surface area contributed by atoms with Crippen LogP contribution in [0.25, 0.3) is 0 Å². The fourth-order valence-electron chi connectivity index (χ4n) is 3.10. The topological polar surface area (TPSA) is 20.3 Å². The second-order valence-electron chi connectivity index (χ2n) is 7.67. The number of halogens is 3. The van der Waals surface area contributed by atoms with Crippen molar-refractivity contribution in [2.24, 2.45) is 0 Å². The first-order valence-corrected chi connectivity index (χ1v) is 9.82. The van der Waals surface area contributed by atoms with Gasteiger partial charge in [0.15, 0.2) is 0 Å². The fourth-order valence-corrected chi connectivity index (χ4v) is 4.35. The van der Waals surface area contributed by atoms with Crippen LogP contribution in [0.1, 0.15) is 53.2 Å². The molecule has 1 fully saturated rings. The summed E-state index contributed by atoms with van der Waals surface area (Å²) in [4.78, 5) is 14.6. The Morgan fingerprint density at radius 1 is 1.04 bits per heavy atom. The minimum absolute atomic E-state index is 0.00829. The summed E-state index contributed by atoms with van der Waals surface area (Å²) in [6.45, 7) is 6.82. The maximum atomic E-state index is 13.0. The van der Waals surface area contributed by atoms with E-state index in [1.807, 2.05) is 12.1 Å². The molecule has 1 aliphatic heterocycles. The number of nitrogens with zero attached hydrogens (tertiary/aromatic N) is 1. The molecular formula is C21H22F3NOS. The molecule has 6 heteroatoms. The first-order chi connectivity index (χ1) is 12.6. The number of carbonyl (C=O) groups excluding carboxylic acids is 1. The van der Waals surface area contributed by atoms with E-state index in [0.717, 1.165) is 17.7 Å². The smallest absolute Gasteiger partial charge is 0.322 e. The number of benzene rings is 2. The van der Waals surface area contributed by atoms with Gasteiger partial charge in [0.2, 0.25) is 0 Å². The number of amides is 1. The first kappa shape index (κ1) is 19.8. The lowest BCUT2D eigenvalue weighted by molar-refractivity contribution is -0.137. The van der Waals surface area contributed by atoms with E-state index in [0.29, 0.717) is 23.4 Å². The number of carbonyl (C=O) groups is 1. The molecule has 0 spiro atoms. The molecular weight excluding hydrogens is 371 g/mol. The summed E-state index contributed by atoms with van der Waals surface area (Å²) in [6, 6.07) is 12.7. The van der Waals surface area contributed by atoms with Gasteiger partial charge in [-0.15, -0.1) is 11.8 Å². The summed E-state index contributed by atoms with van der Waals surface area (Å²) < 4.78 is 39.1. The quantitative estimate of drug-likeness (QED) is 0.634. The summed E-state index contributed by atoms with van der Waals surface area (Å²) >= 11 is 1.49. The van der Waals surface area contributed by atoms with Crippen LogP contribution in [0, 0.1) is 0 Å².